The Bertz CT molecular complexity index is 1460. The van der Waals surface area contributed by atoms with Crippen LogP contribution in [0.4, 0.5) is 0 Å². The zero-order valence-corrected chi connectivity index (χ0v) is 23.0. The van der Waals surface area contributed by atoms with Crippen molar-refractivity contribution < 1.29 is 19.1 Å². The maximum atomic E-state index is 14.2. The molecule has 0 saturated heterocycles. The third kappa shape index (κ3) is 6.09. The van der Waals surface area contributed by atoms with E-state index in [9.17, 15) is 9.59 Å². The van der Waals surface area contributed by atoms with E-state index >= 15 is 0 Å². The number of fused-ring (bicyclic) bond motifs is 1. The molecule has 2 amide bonds. The number of nitrogens with zero attached hydrogens (tertiary/aromatic N) is 4. The Morgan fingerprint density at radius 1 is 0.975 bits per heavy atom. The third-order valence-electron chi connectivity index (χ3n) is 7.48. The van der Waals surface area contributed by atoms with Crippen molar-refractivity contribution in [2.24, 2.45) is 0 Å². The molecule has 1 heterocycles. The molecule has 0 radical (unpaired) electrons. The van der Waals surface area contributed by atoms with E-state index in [0.29, 0.717) is 22.6 Å². The van der Waals surface area contributed by atoms with Gasteiger partial charge in [-0.2, -0.15) is 0 Å². The van der Waals surface area contributed by atoms with Gasteiger partial charge in [-0.25, -0.2) is 4.68 Å². The number of nitrogens with one attached hydrogen (secondary N) is 1. The number of ether oxygens (including phenoxy) is 2. The highest BCUT2D eigenvalue weighted by Gasteiger charge is 2.34. The zero-order valence-electron chi connectivity index (χ0n) is 23.0. The van der Waals surface area contributed by atoms with Crippen LogP contribution in [0.3, 0.4) is 0 Å². The minimum Gasteiger partial charge on any atom is -0.497 e. The smallest absolute Gasteiger partial charge is 0.247 e. The molecule has 1 atom stereocenters. The van der Waals surface area contributed by atoms with Crippen molar-refractivity contribution in [2.45, 2.75) is 57.3 Å². The summed E-state index contributed by atoms with van der Waals surface area (Å²) in [5.41, 5.74) is 2.91. The van der Waals surface area contributed by atoms with Crippen molar-refractivity contribution in [1.82, 2.24) is 25.2 Å². The maximum absolute atomic E-state index is 14.2. The average Bonchev–Trinajstić information content (AvgIpc) is 3.40. The van der Waals surface area contributed by atoms with Gasteiger partial charge in [0.1, 0.15) is 29.6 Å². The summed E-state index contributed by atoms with van der Waals surface area (Å²) >= 11 is 0. The highest BCUT2D eigenvalue weighted by molar-refractivity contribution is 5.89. The fourth-order valence-corrected chi connectivity index (χ4v) is 5.41. The van der Waals surface area contributed by atoms with Crippen LogP contribution in [0.15, 0.2) is 72.8 Å². The van der Waals surface area contributed by atoms with Crippen LogP contribution >= 0.6 is 0 Å². The Morgan fingerprint density at radius 3 is 2.55 bits per heavy atom. The summed E-state index contributed by atoms with van der Waals surface area (Å²) in [6.07, 6.45) is 5.20. The number of carbonyl (C=O) groups excluding carboxylic acids is 2. The highest BCUT2D eigenvalue weighted by Crippen LogP contribution is 2.30. The van der Waals surface area contributed by atoms with E-state index in [2.05, 4.69) is 15.6 Å². The normalized spacial score (nSPS) is 14.4. The molecule has 0 spiro atoms. The first-order chi connectivity index (χ1) is 19.6. The number of para-hydroxylation sites is 2. The molecule has 1 unspecified atom stereocenters. The van der Waals surface area contributed by atoms with Gasteiger partial charge in [-0.1, -0.05) is 66.9 Å². The lowest BCUT2D eigenvalue weighted by molar-refractivity contribution is -0.142. The summed E-state index contributed by atoms with van der Waals surface area (Å²) in [6, 6.07) is 21.6. The number of carbonyl (C=O) groups is 2. The Kier molecular flexibility index (Phi) is 8.59. The molecular weight excluding hydrogens is 506 g/mol. The first kappa shape index (κ1) is 27.2. The fraction of sp³-hybridized carbons (Fsp3) is 0.355. The summed E-state index contributed by atoms with van der Waals surface area (Å²) in [5.74, 6) is 0.767. The van der Waals surface area contributed by atoms with Crippen molar-refractivity contribution in [3.8, 4) is 11.5 Å². The lowest BCUT2D eigenvalue weighted by Gasteiger charge is -2.34. The molecular formula is C31H35N5O4. The van der Waals surface area contributed by atoms with Gasteiger partial charge < -0.3 is 19.7 Å². The van der Waals surface area contributed by atoms with E-state index in [1.54, 1.807) is 23.8 Å². The number of aromatic nitrogens is 3. The lowest BCUT2D eigenvalue weighted by atomic mass is 9.94. The highest BCUT2D eigenvalue weighted by atomic mass is 16.5. The number of amides is 2. The average molecular weight is 542 g/mol. The monoisotopic (exact) mass is 541 g/mol. The SMILES string of the molecule is COc1cccc(C(C(=O)NC2CCCCC2)N(Cc2ccccc2OC)C(=O)Cn2nnc3ccccc32)c1. The Labute approximate surface area is 234 Å². The van der Waals surface area contributed by atoms with Gasteiger partial charge in [0.15, 0.2) is 0 Å². The Balaban J connectivity index is 1.56. The van der Waals surface area contributed by atoms with Gasteiger partial charge in [-0.05, 0) is 48.7 Å². The zero-order chi connectivity index (χ0) is 27.9. The molecule has 1 aliphatic rings. The molecule has 9 heteroatoms. The number of rotatable bonds is 10. The molecule has 5 rings (SSSR count). The van der Waals surface area contributed by atoms with E-state index in [0.717, 1.165) is 36.8 Å². The molecule has 9 nitrogen and oxygen atoms in total. The maximum Gasteiger partial charge on any atom is 0.247 e. The molecule has 0 aliphatic heterocycles. The van der Waals surface area contributed by atoms with E-state index in [4.69, 9.17) is 9.47 Å². The minimum absolute atomic E-state index is 0.0765. The Hall–Kier alpha value is -4.40. The molecule has 4 aromatic rings. The van der Waals surface area contributed by atoms with E-state index < -0.39 is 6.04 Å². The van der Waals surface area contributed by atoms with Crippen LogP contribution in [0.5, 0.6) is 11.5 Å². The molecule has 3 aromatic carbocycles. The van der Waals surface area contributed by atoms with Crippen LogP contribution in [0.2, 0.25) is 0 Å². The molecule has 1 N–H and O–H groups in total. The topological polar surface area (TPSA) is 98.6 Å². The summed E-state index contributed by atoms with van der Waals surface area (Å²) in [7, 11) is 3.19. The van der Waals surface area contributed by atoms with E-state index in [1.165, 1.54) is 6.42 Å². The number of hydrogen-bond donors (Lipinski definition) is 1. The number of hydrogen-bond acceptors (Lipinski definition) is 6. The van der Waals surface area contributed by atoms with Gasteiger partial charge in [-0.3, -0.25) is 9.59 Å². The second kappa shape index (κ2) is 12.6. The van der Waals surface area contributed by atoms with E-state index in [1.807, 2.05) is 72.8 Å². The molecule has 1 fully saturated rings. The molecule has 1 aromatic heterocycles. The molecule has 208 valence electrons. The third-order valence-corrected chi connectivity index (χ3v) is 7.48. The van der Waals surface area contributed by atoms with Crippen LogP contribution < -0.4 is 14.8 Å². The van der Waals surface area contributed by atoms with Crippen molar-refractivity contribution in [3.05, 3.63) is 83.9 Å². The molecule has 1 saturated carbocycles. The van der Waals surface area contributed by atoms with Gasteiger partial charge in [0.25, 0.3) is 0 Å². The molecule has 40 heavy (non-hydrogen) atoms. The predicted molar refractivity (Wildman–Crippen MR) is 152 cm³/mol. The Morgan fingerprint density at radius 2 is 1.75 bits per heavy atom. The minimum atomic E-state index is -0.899. The molecule has 0 bridgehead atoms. The summed E-state index contributed by atoms with van der Waals surface area (Å²) in [6.45, 7) is 0.0856. The van der Waals surface area contributed by atoms with Gasteiger partial charge in [0.05, 0.1) is 26.3 Å². The fourth-order valence-electron chi connectivity index (χ4n) is 5.41. The summed E-state index contributed by atoms with van der Waals surface area (Å²) in [5, 5.41) is 11.7. The first-order valence-corrected chi connectivity index (χ1v) is 13.7. The van der Waals surface area contributed by atoms with Crippen molar-refractivity contribution >= 4 is 22.8 Å². The lowest BCUT2D eigenvalue weighted by Crippen LogP contribution is -2.47. The van der Waals surface area contributed by atoms with Crippen molar-refractivity contribution in [1.29, 1.82) is 0 Å². The summed E-state index contributed by atoms with van der Waals surface area (Å²) in [4.78, 5) is 29.9. The number of benzene rings is 3. The second-order valence-corrected chi connectivity index (χ2v) is 10.1. The van der Waals surface area contributed by atoms with Crippen LogP contribution in [0.25, 0.3) is 11.0 Å². The van der Waals surface area contributed by atoms with E-state index in [-0.39, 0.29) is 30.9 Å². The van der Waals surface area contributed by atoms with Crippen molar-refractivity contribution in [3.63, 3.8) is 0 Å². The van der Waals surface area contributed by atoms with Crippen LogP contribution in [0, 0.1) is 0 Å². The largest absolute Gasteiger partial charge is 0.497 e. The number of methoxy groups -OCH3 is 2. The van der Waals surface area contributed by atoms with Crippen LogP contribution in [0.1, 0.15) is 49.3 Å². The summed E-state index contributed by atoms with van der Waals surface area (Å²) < 4.78 is 12.7. The first-order valence-electron chi connectivity index (χ1n) is 13.7. The van der Waals surface area contributed by atoms with Crippen LogP contribution in [-0.4, -0.2) is 52.0 Å². The molecule has 1 aliphatic carbocycles. The standard InChI is InChI=1S/C31H35N5O4/c1-39-25-15-10-12-22(19-25)30(31(38)32-24-13-4-3-5-14-24)35(20-23-11-6-9-18-28(23)40-2)29(37)21-36-27-17-8-7-16-26(27)33-34-36/h6-12,15-19,24,30H,3-5,13-14,20-21H2,1-2H3,(H,32,38). The van der Waals surface area contributed by atoms with Crippen molar-refractivity contribution in [2.75, 3.05) is 14.2 Å². The van der Waals surface area contributed by atoms with Gasteiger partial charge in [-0.15, -0.1) is 5.10 Å². The predicted octanol–water partition coefficient (Wildman–Crippen LogP) is 4.67. The van der Waals surface area contributed by atoms with Gasteiger partial charge in [0, 0.05) is 11.6 Å². The van der Waals surface area contributed by atoms with Gasteiger partial charge in [0.2, 0.25) is 11.8 Å². The van der Waals surface area contributed by atoms with Crippen LogP contribution in [-0.2, 0) is 22.7 Å². The second-order valence-electron chi connectivity index (χ2n) is 10.1. The van der Waals surface area contributed by atoms with Gasteiger partial charge >= 0.3 is 0 Å². The quantitative estimate of drug-likeness (QED) is 0.313.